The molecule has 0 unspecified atom stereocenters. The van der Waals surface area contributed by atoms with Crippen molar-refractivity contribution in [3.05, 3.63) is 70.6 Å². The Morgan fingerprint density at radius 1 is 1.11 bits per heavy atom. The molecular formula is C15H13ClN2. The summed E-state index contributed by atoms with van der Waals surface area (Å²) in [5.74, 6) is 0. The van der Waals surface area contributed by atoms with Crippen LogP contribution in [-0.4, -0.2) is 9.38 Å². The summed E-state index contributed by atoms with van der Waals surface area (Å²) < 4.78 is 1.91. The van der Waals surface area contributed by atoms with Crippen LogP contribution in [0.5, 0.6) is 0 Å². The van der Waals surface area contributed by atoms with Crippen molar-refractivity contribution in [2.45, 2.75) is 13.3 Å². The fourth-order valence-electron chi connectivity index (χ4n) is 2.03. The van der Waals surface area contributed by atoms with Crippen LogP contribution in [0, 0.1) is 6.92 Å². The van der Waals surface area contributed by atoms with Gasteiger partial charge in [0, 0.05) is 12.6 Å². The molecule has 2 heterocycles. The van der Waals surface area contributed by atoms with E-state index in [0.717, 1.165) is 17.8 Å². The van der Waals surface area contributed by atoms with E-state index in [1.165, 1.54) is 11.1 Å². The molecule has 0 N–H and O–H groups in total. The highest BCUT2D eigenvalue weighted by Crippen LogP contribution is 2.16. The van der Waals surface area contributed by atoms with Gasteiger partial charge >= 0.3 is 0 Å². The lowest BCUT2D eigenvalue weighted by Gasteiger charge is -1.98. The lowest BCUT2D eigenvalue weighted by atomic mass is 10.1. The van der Waals surface area contributed by atoms with Gasteiger partial charge in [0.1, 0.15) is 10.8 Å². The lowest BCUT2D eigenvalue weighted by molar-refractivity contribution is 1.11. The second kappa shape index (κ2) is 4.46. The number of hydrogen-bond donors (Lipinski definition) is 0. The number of imidazole rings is 1. The predicted octanol–water partition coefficient (Wildman–Crippen LogP) is 3.89. The van der Waals surface area contributed by atoms with E-state index in [1.54, 1.807) is 0 Å². The van der Waals surface area contributed by atoms with Crippen LogP contribution in [0.25, 0.3) is 5.65 Å². The zero-order valence-electron chi connectivity index (χ0n) is 10.1. The number of aromatic nitrogens is 2. The zero-order chi connectivity index (χ0) is 12.5. The van der Waals surface area contributed by atoms with Crippen LogP contribution in [0.2, 0.25) is 5.15 Å². The van der Waals surface area contributed by atoms with E-state index in [0.29, 0.717) is 5.15 Å². The minimum atomic E-state index is 0.690. The van der Waals surface area contributed by atoms with Gasteiger partial charge in [-0.05, 0) is 24.6 Å². The third kappa shape index (κ3) is 2.12. The highest BCUT2D eigenvalue weighted by molar-refractivity contribution is 6.29. The van der Waals surface area contributed by atoms with Gasteiger partial charge in [0.2, 0.25) is 0 Å². The molecule has 3 rings (SSSR count). The first-order valence-electron chi connectivity index (χ1n) is 5.90. The molecule has 0 bridgehead atoms. The molecule has 2 aromatic heterocycles. The number of nitrogens with zero attached hydrogens (tertiary/aromatic N) is 2. The van der Waals surface area contributed by atoms with Crippen LogP contribution in [0.4, 0.5) is 0 Å². The molecule has 0 spiro atoms. The number of fused-ring (bicyclic) bond motifs is 1. The van der Waals surface area contributed by atoms with Crippen LogP contribution >= 0.6 is 11.6 Å². The summed E-state index contributed by atoms with van der Waals surface area (Å²) in [5.41, 5.74) is 4.47. The van der Waals surface area contributed by atoms with Crippen LogP contribution < -0.4 is 0 Å². The molecule has 3 aromatic rings. The number of benzene rings is 1. The molecule has 0 aliphatic rings. The Morgan fingerprint density at radius 2 is 1.89 bits per heavy atom. The predicted molar refractivity (Wildman–Crippen MR) is 74.2 cm³/mol. The van der Waals surface area contributed by atoms with Gasteiger partial charge in [-0.1, -0.05) is 47.5 Å². The summed E-state index contributed by atoms with van der Waals surface area (Å²) in [4.78, 5) is 4.57. The Kier molecular flexibility index (Phi) is 2.80. The molecule has 0 fully saturated rings. The van der Waals surface area contributed by atoms with Gasteiger partial charge < -0.3 is 0 Å². The first-order chi connectivity index (χ1) is 8.72. The molecule has 0 amide bonds. The van der Waals surface area contributed by atoms with Gasteiger partial charge in [0.15, 0.2) is 0 Å². The first kappa shape index (κ1) is 11.3. The van der Waals surface area contributed by atoms with Gasteiger partial charge in [-0.15, -0.1) is 0 Å². The van der Waals surface area contributed by atoms with E-state index >= 15 is 0 Å². The fraction of sp³-hybridized carbons (Fsp3) is 0.133. The maximum Gasteiger partial charge on any atom is 0.138 e. The number of hydrogen-bond acceptors (Lipinski definition) is 1. The maximum atomic E-state index is 6.12. The lowest BCUT2D eigenvalue weighted by Crippen LogP contribution is -1.87. The summed E-state index contributed by atoms with van der Waals surface area (Å²) >= 11 is 6.12. The van der Waals surface area contributed by atoms with Crippen LogP contribution in [0.3, 0.4) is 0 Å². The Balaban J connectivity index is 1.95. The molecule has 2 nitrogen and oxygen atoms in total. The topological polar surface area (TPSA) is 17.3 Å². The molecule has 18 heavy (non-hydrogen) atoms. The van der Waals surface area contributed by atoms with E-state index in [-0.39, 0.29) is 0 Å². The monoisotopic (exact) mass is 256 g/mol. The smallest absolute Gasteiger partial charge is 0.138 e. The van der Waals surface area contributed by atoms with E-state index in [1.807, 2.05) is 28.8 Å². The van der Waals surface area contributed by atoms with E-state index < -0.39 is 0 Å². The van der Waals surface area contributed by atoms with Gasteiger partial charge in [-0.2, -0.15) is 0 Å². The Hall–Kier alpha value is -1.80. The average Bonchev–Trinajstić information content (AvgIpc) is 2.76. The Labute approximate surface area is 111 Å². The van der Waals surface area contributed by atoms with Crippen molar-refractivity contribution in [1.29, 1.82) is 0 Å². The molecule has 90 valence electrons. The molecule has 1 aromatic carbocycles. The molecule has 0 aliphatic carbocycles. The van der Waals surface area contributed by atoms with Crippen molar-refractivity contribution in [3.8, 4) is 0 Å². The van der Waals surface area contributed by atoms with Crippen molar-refractivity contribution < 1.29 is 0 Å². The van der Waals surface area contributed by atoms with Crippen LogP contribution in [0.1, 0.15) is 16.8 Å². The SMILES string of the molecule is Cc1ccc(Cc2cn3c(Cl)cccc3n2)cc1. The van der Waals surface area contributed by atoms with Crippen LogP contribution in [-0.2, 0) is 6.42 Å². The standard InChI is InChI=1S/C15H13ClN2/c1-11-5-7-12(8-6-11)9-13-10-18-14(16)3-2-4-15(18)17-13/h2-8,10H,9H2,1H3. The van der Waals surface area contributed by atoms with Crippen LogP contribution in [0.15, 0.2) is 48.7 Å². The normalized spacial score (nSPS) is 11.0. The largest absolute Gasteiger partial charge is 0.290 e. The number of halogens is 1. The summed E-state index contributed by atoms with van der Waals surface area (Å²) in [5, 5.41) is 0.690. The maximum absolute atomic E-state index is 6.12. The first-order valence-corrected chi connectivity index (χ1v) is 6.28. The third-order valence-corrected chi connectivity index (χ3v) is 3.31. The summed E-state index contributed by atoms with van der Waals surface area (Å²) in [6.45, 7) is 2.09. The zero-order valence-corrected chi connectivity index (χ0v) is 10.9. The average molecular weight is 257 g/mol. The quantitative estimate of drug-likeness (QED) is 0.636. The highest BCUT2D eigenvalue weighted by atomic mass is 35.5. The molecule has 0 radical (unpaired) electrons. The van der Waals surface area contributed by atoms with Gasteiger partial charge in [0.25, 0.3) is 0 Å². The second-order valence-electron chi connectivity index (χ2n) is 4.47. The van der Waals surface area contributed by atoms with Crippen molar-refractivity contribution in [2.75, 3.05) is 0 Å². The van der Waals surface area contributed by atoms with Crippen molar-refractivity contribution in [3.63, 3.8) is 0 Å². The highest BCUT2D eigenvalue weighted by Gasteiger charge is 2.04. The molecule has 0 saturated carbocycles. The third-order valence-electron chi connectivity index (χ3n) is 3.00. The summed E-state index contributed by atoms with van der Waals surface area (Å²) in [6.07, 6.45) is 2.83. The number of pyridine rings is 1. The van der Waals surface area contributed by atoms with Crippen molar-refractivity contribution in [1.82, 2.24) is 9.38 Å². The molecule has 0 aliphatic heterocycles. The minimum Gasteiger partial charge on any atom is -0.290 e. The van der Waals surface area contributed by atoms with Crippen molar-refractivity contribution in [2.24, 2.45) is 0 Å². The Morgan fingerprint density at radius 3 is 2.61 bits per heavy atom. The molecule has 3 heteroatoms. The molecule has 0 saturated heterocycles. The van der Waals surface area contributed by atoms with E-state index in [4.69, 9.17) is 11.6 Å². The van der Waals surface area contributed by atoms with Gasteiger partial charge in [-0.3, -0.25) is 4.40 Å². The van der Waals surface area contributed by atoms with E-state index in [9.17, 15) is 0 Å². The second-order valence-corrected chi connectivity index (χ2v) is 4.86. The number of aryl methyl sites for hydroxylation is 1. The fourth-order valence-corrected chi connectivity index (χ4v) is 2.24. The summed E-state index contributed by atoms with van der Waals surface area (Å²) in [6, 6.07) is 14.3. The molecular weight excluding hydrogens is 244 g/mol. The van der Waals surface area contributed by atoms with E-state index in [2.05, 4.69) is 36.2 Å². The van der Waals surface area contributed by atoms with Gasteiger partial charge in [0.05, 0.1) is 5.69 Å². The van der Waals surface area contributed by atoms with Crippen molar-refractivity contribution >= 4 is 17.2 Å². The molecule has 0 atom stereocenters. The minimum absolute atomic E-state index is 0.690. The summed E-state index contributed by atoms with van der Waals surface area (Å²) in [7, 11) is 0. The van der Waals surface area contributed by atoms with Gasteiger partial charge in [-0.25, -0.2) is 4.98 Å². The number of rotatable bonds is 2. The Bertz CT molecular complexity index is 683.